The van der Waals surface area contributed by atoms with Crippen LogP contribution in [0.5, 0.6) is 5.75 Å². The number of benzene rings is 3. The maximum atomic E-state index is 14.0. The van der Waals surface area contributed by atoms with E-state index in [2.05, 4.69) is 5.32 Å². The normalized spacial score (nSPS) is 10.9. The fourth-order valence-electron chi connectivity index (χ4n) is 3.64. The van der Waals surface area contributed by atoms with E-state index in [1.807, 2.05) is 0 Å². The van der Waals surface area contributed by atoms with Gasteiger partial charge in [0.1, 0.15) is 28.7 Å². The number of carbonyl (C=O) groups is 2. The van der Waals surface area contributed by atoms with Crippen molar-refractivity contribution in [2.24, 2.45) is 0 Å². The molecule has 6 nitrogen and oxygen atoms in total. The van der Waals surface area contributed by atoms with Gasteiger partial charge in [-0.3, -0.25) is 4.79 Å². The highest BCUT2D eigenvalue weighted by atomic mass is 19.1. The second-order valence-corrected chi connectivity index (χ2v) is 7.17. The third-order valence-electron chi connectivity index (χ3n) is 5.16. The standard InChI is InChI=1S/C25H19F2NO5/c1-3-32-20-12-21-18(11-16(20)14-6-9-19(27)17(10-14)25(30)31)22(24(29)28-2)23(33-21)13-4-7-15(26)8-5-13/h4-12H,3H2,1-2H3,(H,28,29)(H,30,31). The summed E-state index contributed by atoms with van der Waals surface area (Å²) in [4.78, 5) is 24.2. The lowest BCUT2D eigenvalue weighted by Crippen LogP contribution is -2.18. The molecule has 0 aliphatic heterocycles. The van der Waals surface area contributed by atoms with Crippen LogP contribution in [0.2, 0.25) is 0 Å². The van der Waals surface area contributed by atoms with Crippen molar-refractivity contribution in [2.45, 2.75) is 6.92 Å². The summed E-state index contributed by atoms with van der Waals surface area (Å²) in [6.45, 7) is 2.09. The predicted molar refractivity (Wildman–Crippen MR) is 119 cm³/mol. The number of ether oxygens (including phenoxy) is 1. The smallest absolute Gasteiger partial charge is 0.338 e. The number of carboxylic acid groups (broad SMARTS) is 1. The predicted octanol–water partition coefficient (Wildman–Crippen LogP) is 5.50. The molecule has 2 N–H and O–H groups in total. The van der Waals surface area contributed by atoms with Gasteiger partial charge in [0.25, 0.3) is 5.91 Å². The summed E-state index contributed by atoms with van der Waals surface area (Å²) in [5, 5.41) is 12.3. The van der Waals surface area contributed by atoms with Crippen LogP contribution >= 0.6 is 0 Å². The molecule has 1 amide bonds. The fourth-order valence-corrected chi connectivity index (χ4v) is 3.64. The summed E-state index contributed by atoms with van der Waals surface area (Å²) < 4.78 is 39.1. The van der Waals surface area contributed by atoms with Crippen molar-refractivity contribution >= 4 is 22.8 Å². The van der Waals surface area contributed by atoms with Gasteiger partial charge in [0, 0.05) is 29.6 Å². The number of fused-ring (bicyclic) bond motifs is 1. The molecule has 0 unspecified atom stereocenters. The van der Waals surface area contributed by atoms with Crippen LogP contribution in [0.25, 0.3) is 33.4 Å². The third kappa shape index (κ3) is 4.03. The number of furan rings is 1. The molecule has 0 bridgehead atoms. The van der Waals surface area contributed by atoms with Crippen molar-refractivity contribution in [3.8, 4) is 28.2 Å². The number of halogens is 2. The van der Waals surface area contributed by atoms with E-state index in [1.165, 1.54) is 43.4 Å². The zero-order chi connectivity index (χ0) is 23.7. The first-order valence-corrected chi connectivity index (χ1v) is 10.1. The minimum Gasteiger partial charge on any atom is -0.493 e. The topological polar surface area (TPSA) is 88.8 Å². The van der Waals surface area contributed by atoms with Gasteiger partial charge >= 0.3 is 5.97 Å². The minimum absolute atomic E-state index is 0.226. The van der Waals surface area contributed by atoms with Crippen LogP contribution in [0.15, 0.2) is 59.0 Å². The molecule has 0 atom stereocenters. The third-order valence-corrected chi connectivity index (χ3v) is 5.16. The molecular formula is C25H19F2NO5. The van der Waals surface area contributed by atoms with Gasteiger partial charge in [-0.15, -0.1) is 0 Å². The first-order chi connectivity index (χ1) is 15.8. The summed E-state index contributed by atoms with van der Waals surface area (Å²) >= 11 is 0. The molecule has 1 aromatic heterocycles. The van der Waals surface area contributed by atoms with Crippen molar-refractivity contribution in [3.63, 3.8) is 0 Å². The van der Waals surface area contributed by atoms with E-state index < -0.39 is 29.1 Å². The largest absolute Gasteiger partial charge is 0.493 e. The van der Waals surface area contributed by atoms with Crippen molar-refractivity contribution in [3.05, 3.63) is 77.4 Å². The Morgan fingerprint density at radius 3 is 2.36 bits per heavy atom. The van der Waals surface area contributed by atoms with Gasteiger partial charge in [0.2, 0.25) is 0 Å². The average Bonchev–Trinajstić information content (AvgIpc) is 3.17. The van der Waals surface area contributed by atoms with E-state index in [1.54, 1.807) is 19.1 Å². The highest BCUT2D eigenvalue weighted by Crippen LogP contribution is 2.41. The van der Waals surface area contributed by atoms with Crippen LogP contribution in [-0.4, -0.2) is 30.6 Å². The molecule has 0 saturated carbocycles. The second-order valence-electron chi connectivity index (χ2n) is 7.17. The van der Waals surface area contributed by atoms with E-state index in [4.69, 9.17) is 9.15 Å². The van der Waals surface area contributed by atoms with Gasteiger partial charge in [0.05, 0.1) is 17.7 Å². The Morgan fingerprint density at radius 2 is 1.73 bits per heavy atom. The Bertz CT molecular complexity index is 1380. The average molecular weight is 451 g/mol. The van der Waals surface area contributed by atoms with E-state index in [0.717, 1.165) is 6.07 Å². The molecule has 1 heterocycles. The number of rotatable bonds is 6. The van der Waals surface area contributed by atoms with E-state index in [9.17, 15) is 23.5 Å². The highest BCUT2D eigenvalue weighted by Gasteiger charge is 2.24. The van der Waals surface area contributed by atoms with Gasteiger partial charge in [-0.25, -0.2) is 13.6 Å². The molecule has 33 heavy (non-hydrogen) atoms. The Hall–Kier alpha value is -4.20. The highest BCUT2D eigenvalue weighted by molar-refractivity contribution is 6.12. The molecule has 0 spiro atoms. The summed E-state index contributed by atoms with van der Waals surface area (Å²) in [5.41, 5.74) is 1.45. The second kappa shape index (κ2) is 8.74. The Kier molecular flexibility index (Phi) is 5.83. The number of carbonyl (C=O) groups excluding carboxylic acids is 1. The molecule has 0 saturated heterocycles. The molecule has 0 radical (unpaired) electrons. The summed E-state index contributed by atoms with van der Waals surface area (Å²) in [6.07, 6.45) is 0. The van der Waals surface area contributed by atoms with E-state index in [0.29, 0.717) is 40.0 Å². The van der Waals surface area contributed by atoms with Crippen molar-refractivity contribution in [2.75, 3.05) is 13.7 Å². The monoisotopic (exact) mass is 451 g/mol. The maximum absolute atomic E-state index is 14.0. The molecule has 4 rings (SSSR count). The molecule has 3 aromatic carbocycles. The SMILES string of the molecule is CCOc1cc2oc(-c3ccc(F)cc3)c(C(=O)NC)c2cc1-c1ccc(F)c(C(=O)O)c1. The Morgan fingerprint density at radius 1 is 1.03 bits per heavy atom. The van der Waals surface area contributed by atoms with Crippen molar-refractivity contribution in [1.29, 1.82) is 0 Å². The summed E-state index contributed by atoms with van der Waals surface area (Å²) in [5.74, 6) is -2.50. The number of hydrogen-bond donors (Lipinski definition) is 2. The van der Waals surface area contributed by atoms with Crippen molar-refractivity contribution < 1.29 is 32.6 Å². The van der Waals surface area contributed by atoms with Crippen LogP contribution in [0.4, 0.5) is 8.78 Å². The molecular weight excluding hydrogens is 432 g/mol. The Labute approximate surface area is 187 Å². The maximum Gasteiger partial charge on any atom is 0.338 e. The Balaban J connectivity index is 2.01. The summed E-state index contributed by atoms with van der Waals surface area (Å²) in [6, 6.07) is 12.5. The van der Waals surface area contributed by atoms with Crippen LogP contribution in [0.1, 0.15) is 27.6 Å². The molecule has 168 valence electrons. The zero-order valence-corrected chi connectivity index (χ0v) is 17.7. The van der Waals surface area contributed by atoms with Gasteiger partial charge in [-0.1, -0.05) is 6.07 Å². The van der Waals surface area contributed by atoms with Crippen LogP contribution in [-0.2, 0) is 0 Å². The number of amides is 1. The van der Waals surface area contributed by atoms with Gasteiger partial charge in [0.15, 0.2) is 0 Å². The van der Waals surface area contributed by atoms with Gasteiger partial charge in [-0.05, 0) is 55.0 Å². The molecule has 0 aliphatic carbocycles. The van der Waals surface area contributed by atoms with Gasteiger partial charge in [-0.2, -0.15) is 0 Å². The quantitative estimate of drug-likeness (QED) is 0.404. The van der Waals surface area contributed by atoms with Crippen LogP contribution in [0.3, 0.4) is 0 Å². The lowest BCUT2D eigenvalue weighted by molar-refractivity contribution is 0.0691. The molecule has 0 fully saturated rings. The van der Waals surface area contributed by atoms with Gasteiger partial charge < -0.3 is 19.6 Å². The zero-order valence-electron chi connectivity index (χ0n) is 17.7. The van der Waals surface area contributed by atoms with E-state index in [-0.39, 0.29) is 11.3 Å². The van der Waals surface area contributed by atoms with Crippen LogP contribution < -0.4 is 10.1 Å². The first kappa shape index (κ1) is 22.0. The number of aromatic carboxylic acids is 1. The lowest BCUT2D eigenvalue weighted by Gasteiger charge is -2.12. The molecule has 8 heteroatoms. The number of carboxylic acids is 1. The van der Waals surface area contributed by atoms with Crippen molar-refractivity contribution in [1.82, 2.24) is 5.32 Å². The molecule has 0 aliphatic rings. The fraction of sp³-hybridized carbons (Fsp3) is 0.120. The number of nitrogens with one attached hydrogen (secondary N) is 1. The number of hydrogen-bond acceptors (Lipinski definition) is 4. The first-order valence-electron chi connectivity index (χ1n) is 10.1. The lowest BCUT2D eigenvalue weighted by atomic mass is 9.98. The van der Waals surface area contributed by atoms with E-state index >= 15 is 0 Å². The minimum atomic E-state index is -1.40. The van der Waals surface area contributed by atoms with Crippen LogP contribution in [0, 0.1) is 11.6 Å². The molecule has 4 aromatic rings. The summed E-state index contributed by atoms with van der Waals surface area (Å²) in [7, 11) is 1.48.